The molecule has 0 radical (unpaired) electrons. The highest BCUT2D eigenvalue weighted by atomic mass is 35.5. The van der Waals surface area contributed by atoms with E-state index in [0.29, 0.717) is 10.7 Å². The van der Waals surface area contributed by atoms with Crippen molar-refractivity contribution in [2.75, 3.05) is 11.5 Å². The molecule has 1 aromatic rings. The van der Waals surface area contributed by atoms with E-state index < -0.39 is 23.0 Å². The van der Waals surface area contributed by atoms with E-state index >= 15 is 0 Å². The van der Waals surface area contributed by atoms with Gasteiger partial charge in [0.1, 0.15) is 5.60 Å². The van der Waals surface area contributed by atoms with E-state index in [1.807, 2.05) is 6.92 Å². The van der Waals surface area contributed by atoms with E-state index in [9.17, 15) is 14.7 Å². The van der Waals surface area contributed by atoms with Gasteiger partial charge in [-0.15, -0.1) is 0 Å². The van der Waals surface area contributed by atoms with Crippen LogP contribution in [-0.2, 0) is 14.3 Å². The van der Waals surface area contributed by atoms with E-state index in [0.717, 1.165) is 5.56 Å². The van der Waals surface area contributed by atoms with Crippen LogP contribution in [0.1, 0.15) is 12.5 Å². The summed E-state index contributed by atoms with van der Waals surface area (Å²) < 4.78 is 5.89. The smallest absolute Gasteiger partial charge is 0.241 e. The molecule has 1 N–H and O–H groups in total. The summed E-state index contributed by atoms with van der Waals surface area (Å²) in [5.74, 6) is -1.96. The van der Waals surface area contributed by atoms with Crippen LogP contribution in [-0.4, -0.2) is 34.7 Å². The second-order valence-corrected chi connectivity index (χ2v) is 7.07. The SMILES string of the molecule is Cc1ccc(Cl)cc1N1C(=O)[C@H]2[C@H](C1=O)[C@@]1(CO)C=C[C@@]2(C)O1. The zero-order valence-corrected chi connectivity index (χ0v) is 13.5. The van der Waals surface area contributed by atoms with Gasteiger partial charge < -0.3 is 9.84 Å². The molecule has 120 valence electrons. The topological polar surface area (TPSA) is 66.8 Å². The zero-order valence-electron chi connectivity index (χ0n) is 12.7. The van der Waals surface area contributed by atoms with Crippen LogP contribution in [0.2, 0.25) is 5.02 Å². The Labute approximate surface area is 138 Å². The van der Waals surface area contributed by atoms with Crippen molar-refractivity contribution in [3.63, 3.8) is 0 Å². The van der Waals surface area contributed by atoms with Gasteiger partial charge in [0.05, 0.1) is 29.7 Å². The number of carbonyl (C=O) groups is 2. The number of benzene rings is 1. The lowest BCUT2D eigenvalue weighted by molar-refractivity contribution is -0.131. The third-order valence-electron chi connectivity index (χ3n) is 5.22. The maximum atomic E-state index is 13.0. The summed E-state index contributed by atoms with van der Waals surface area (Å²) in [7, 11) is 0. The molecule has 0 saturated carbocycles. The van der Waals surface area contributed by atoms with Crippen LogP contribution in [0, 0.1) is 18.8 Å². The fraction of sp³-hybridized carbons (Fsp3) is 0.412. The number of halogens is 1. The minimum atomic E-state index is -1.10. The number of hydrogen-bond acceptors (Lipinski definition) is 4. The minimum absolute atomic E-state index is 0.299. The molecule has 0 spiro atoms. The highest BCUT2D eigenvalue weighted by Crippen LogP contribution is 2.57. The number of aliphatic hydroxyl groups excluding tert-OH is 1. The Bertz CT molecular complexity index is 776. The molecule has 1 aromatic carbocycles. The number of aliphatic hydroxyl groups is 1. The van der Waals surface area contributed by atoms with Crippen molar-refractivity contribution in [2.45, 2.75) is 25.0 Å². The summed E-state index contributed by atoms with van der Waals surface area (Å²) in [6.45, 7) is 3.28. The van der Waals surface area contributed by atoms with E-state index in [4.69, 9.17) is 16.3 Å². The van der Waals surface area contributed by atoms with Crippen LogP contribution in [0.5, 0.6) is 0 Å². The van der Waals surface area contributed by atoms with E-state index in [1.165, 1.54) is 4.90 Å². The molecule has 2 amide bonds. The van der Waals surface area contributed by atoms with Crippen molar-refractivity contribution >= 4 is 29.1 Å². The Balaban J connectivity index is 1.85. The van der Waals surface area contributed by atoms with E-state index in [2.05, 4.69) is 0 Å². The summed E-state index contributed by atoms with van der Waals surface area (Å²) in [6, 6.07) is 5.12. The van der Waals surface area contributed by atoms with Gasteiger partial charge >= 0.3 is 0 Å². The van der Waals surface area contributed by atoms with Crippen LogP contribution < -0.4 is 4.90 Å². The first-order chi connectivity index (χ1) is 10.8. The summed E-state index contributed by atoms with van der Waals surface area (Å²) in [5, 5.41) is 10.2. The molecule has 0 unspecified atom stereocenters. The summed E-state index contributed by atoms with van der Waals surface area (Å²) in [5.41, 5.74) is -0.673. The Kier molecular flexibility index (Phi) is 2.87. The predicted molar refractivity (Wildman–Crippen MR) is 84.1 cm³/mol. The van der Waals surface area contributed by atoms with Crippen molar-refractivity contribution in [2.24, 2.45) is 11.8 Å². The fourth-order valence-electron chi connectivity index (χ4n) is 4.10. The van der Waals surface area contributed by atoms with Gasteiger partial charge in [-0.3, -0.25) is 9.59 Å². The monoisotopic (exact) mass is 333 g/mol. The van der Waals surface area contributed by atoms with Gasteiger partial charge in [0.2, 0.25) is 11.8 Å². The number of hydrogen-bond donors (Lipinski definition) is 1. The average molecular weight is 334 g/mol. The number of carbonyl (C=O) groups excluding carboxylic acids is 2. The number of nitrogens with zero attached hydrogens (tertiary/aromatic N) is 1. The van der Waals surface area contributed by atoms with E-state index in [1.54, 1.807) is 37.3 Å². The molecule has 2 saturated heterocycles. The maximum Gasteiger partial charge on any atom is 0.241 e. The molecule has 4 rings (SSSR count). The van der Waals surface area contributed by atoms with Crippen molar-refractivity contribution in [1.82, 2.24) is 0 Å². The molecule has 23 heavy (non-hydrogen) atoms. The molecule has 2 fully saturated rings. The normalized spacial score (nSPS) is 37.8. The number of rotatable bonds is 2. The standard InChI is InChI=1S/C17H16ClNO4/c1-9-3-4-10(18)7-11(9)19-14(21)12-13(15(19)22)17(8-20)6-5-16(12,2)23-17/h3-7,12-13,20H,8H2,1-2H3/t12-,13-,16-,17+/m1/s1. The number of aryl methyl sites for hydroxylation is 1. The lowest BCUT2D eigenvalue weighted by Gasteiger charge is -2.27. The Hall–Kier alpha value is -1.69. The van der Waals surface area contributed by atoms with Gasteiger partial charge in [0, 0.05) is 5.02 Å². The minimum Gasteiger partial charge on any atom is -0.393 e. The predicted octanol–water partition coefficient (Wildman–Crippen LogP) is 1.84. The van der Waals surface area contributed by atoms with Crippen molar-refractivity contribution in [3.05, 3.63) is 40.9 Å². The van der Waals surface area contributed by atoms with Gasteiger partial charge in [-0.25, -0.2) is 4.90 Å². The summed E-state index contributed by atoms with van der Waals surface area (Å²) in [4.78, 5) is 27.2. The van der Waals surface area contributed by atoms with Crippen LogP contribution in [0.4, 0.5) is 5.69 Å². The van der Waals surface area contributed by atoms with Crippen molar-refractivity contribution in [1.29, 1.82) is 0 Å². The van der Waals surface area contributed by atoms with Gasteiger partial charge in [0.15, 0.2) is 0 Å². The number of amides is 2. The molecule has 3 aliphatic rings. The van der Waals surface area contributed by atoms with Crippen LogP contribution >= 0.6 is 11.6 Å². The molecule has 0 aromatic heterocycles. The molecule has 6 heteroatoms. The molecule has 3 heterocycles. The Morgan fingerprint density at radius 1 is 1.26 bits per heavy atom. The lowest BCUT2D eigenvalue weighted by Crippen LogP contribution is -2.43. The van der Waals surface area contributed by atoms with Crippen molar-refractivity contribution in [3.8, 4) is 0 Å². The number of fused-ring (bicyclic) bond motifs is 5. The summed E-state index contributed by atoms with van der Waals surface area (Å²) in [6.07, 6.45) is 3.50. The first-order valence-corrected chi connectivity index (χ1v) is 7.86. The largest absolute Gasteiger partial charge is 0.393 e. The Morgan fingerprint density at radius 2 is 1.96 bits per heavy atom. The molecule has 4 atom stereocenters. The molecule has 2 bridgehead atoms. The molecule has 5 nitrogen and oxygen atoms in total. The summed E-state index contributed by atoms with van der Waals surface area (Å²) >= 11 is 6.04. The van der Waals surface area contributed by atoms with Gasteiger partial charge in [-0.2, -0.15) is 0 Å². The van der Waals surface area contributed by atoms with E-state index in [-0.39, 0.29) is 18.4 Å². The number of imide groups is 1. The number of anilines is 1. The van der Waals surface area contributed by atoms with Crippen molar-refractivity contribution < 1.29 is 19.4 Å². The second-order valence-electron chi connectivity index (χ2n) is 6.63. The van der Waals surface area contributed by atoms with Crippen LogP contribution in [0.15, 0.2) is 30.4 Å². The van der Waals surface area contributed by atoms with Gasteiger partial charge in [0.25, 0.3) is 0 Å². The fourth-order valence-corrected chi connectivity index (χ4v) is 4.27. The second kappa shape index (κ2) is 4.44. The first kappa shape index (κ1) is 14.9. The zero-order chi connectivity index (χ0) is 16.6. The molecular formula is C17H16ClNO4. The molecular weight excluding hydrogens is 318 g/mol. The highest BCUT2D eigenvalue weighted by molar-refractivity contribution is 6.31. The molecule has 3 aliphatic heterocycles. The van der Waals surface area contributed by atoms with Crippen LogP contribution in [0.3, 0.4) is 0 Å². The molecule has 0 aliphatic carbocycles. The first-order valence-electron chi connectivity index (χ1n) is 7.48. The van der Waals surface area contributed by atoms with Crippen LogP contribution in [0.25, 0.3) is 0 Å². The maximum absolute atomic E-state index is 13.0. The quantitative estimate of drug-likeness (QED) is 0.662. The lowest BCUT2D eigenvalue weighted by atomic mass is 9.73. The van der Waals surface area contributed by atoms with Gasteiger partial charge in [-0.1, -0.05) is 29.8 Å². The third-order valence-corrected chi connectivity index (χ3v) is 5.45. The number of ether oxygens (including phenoxy) is 1. The van der Waals surface area contributed by atoms with Gasteiger partial charge in [-0.05, 0) is 31.5 Å². The third kappa shape index (κ3) is 1.70. The highest BCUT2D eigenvalue weighted by Gasteiger charge is 2.72. The average Bonchev–Trinajstić information content (AvgIpc) is 3.09. The Morgan fingerprint density at radius 3 is 2.65 bits per heavy atom.